The lowest BCUT2D eigenvalue weighted by atomic mass is 9.61. The first-order valence-electron chi connectivity index (χ1n) is 15.7. The van der Waals surface area contributed by atoms with Gasteiger partial charge in [0, 0.05) is 58.2 Å². The van der Waals surface area contributed by atoms with Crippen molar-refractivity contribution < 1.29 is 9.59 Å². The molecule has 6 heteroatoms. The number of amides is 2. The number of carbonyl (C=O) groups excluding carboxylic acids is 2. The molecule has 0 radical (unpaired) electrons. The van der Waals surface area contributed by atoms with Gasteiger partial charge in [0.05, 0.1) is 0 Å². The summed E-state index contributed by atoms with van der Waals surface area (Å²) in [5.41, 5.74) is 2.79. The molecule has 216 valence electrons. The maximum absolute atomic E-state index is 12.9. The Morgan fingerprint density at radius 1 is 0.872 bits per heavy atom. The predicted molar refractivity (Wildman–Crippen MR) is 158 cm³/mol. The largest absolute Gasteiger partial charge is 0.356 e. The molecule has 2 unspecified atom stereocenters. The zero-order valence-corrected chi connectivity index (χ0v) is 24.5. The lowest BCUT2D eigenvalue weighted by molar-refractivity contribution is -0.130. The van der Waals surface area contributed by atoms with Gasteiger partial charge >= 0.3 is 0 Å². The molecule has 8 fully saturated rings. The molecule has 7 saturated heterocycles. The van der Waals surface area contributed by atoms with Crippen LogP contribution in [0.4, 0.5) is 0 Å². The van der Waals surface area contributed by atoms with E-state index in [2.05, 4.69) is 52.8 Å². The first-order chi connectivity index (χ1) is 18.8. The van der Waals surface area contributed by atoms with Crippen LogP contribution in [0, 0.1) is 35.0 Å². The van der Waals surface area contributed by atoms with Gasteiger partial charge in [0.2, 0.25) is 11.8 Å². The summed E-state index contributed by atoms with van der Waals surface area (Å²) in [7, 11) is 0. The van der Waals surface area contributed by atoms with Gasteiger partial charge in [-0.3, -0.25) is 19.4 Å². The SMILES string of the molecule is C=C[C@]1(C)CC[C@@H]2C[C@H]1C(=C)CN1CCC(CC1)C(=O)NCCCCCC(=O)N1CC3CN(CC2=C)CC3C1. The van der Waals surface area contributed by atoms with Gasteiger partial charge in [0.15, 0.2) is 0 Å². The maximum atomic E-state index is 12.9. The Kier molecular flexibility index (Phi) is 9.02. The maximum Gasteiger partial charge on any atom is 0.223 e. The summed E-state index contributed by atoms with van der Waals surface area (Å²) >= 11 is 0. The quantitative estimate of drug-likeness (QED) is 0.502. The fourth-order valence-electron chi connectivity index (χ4n) is 8.26. The molecule has 2 amide bonds. The molecule has 39 heavy (non-hydrogen) atoms. The second-order valence-electron chi connectivity index (χ2n) is 13.7. The van der Waals surface area contributed by atoms with Crippen LogP contribution in [0.1, 0.15) is 64.7 Å². The van der Waals surface area contributed by atoms with Crippen LogP contribution >= 0.6 is 0 Å². The summed E-state index contributed by atoms with van der Waals surface area (Å²) in [4.78, 5) is 32.9. The fourth-order valence-corrected chi connectivity index (χ4v) is 8.26. The van der Waals surface area contributed by atoms with Crippen molar-refractivity contribution in [3.63, 3.8) is 0 Å². The number of piperidine rings is 1. The Hall–Kier alpha value is -1.92. The highest BCUT2D eigenvalue weighted by atomic mass is 16.2. The molecule has 0 aromatic carbocycles. The minimum Gasteiger partial charge on any atom is -0.356 e. The third-order valence-corrected chi connectivity index (χ3v) is 11.0. The molecule has 8 bridgehead atoms. The van der Waals surface area contributed by atoms with Gasteiger partial charge in [-0.25, -0.2) is 0 Å². The van der Waals surface area contributed by atoms with E-state index in [0.717, 1.165) is 104 Å². The summed E-state index contributed by atoms with van der Waals surface area (Å²) in [6.07, 6.45) is 11.0. The van der Waals surface area contributed by atoms with E-state index in [1.54, 1.807) is 0 Å². The van der Waals surface area contributed by atoms with Crippen LogP contribution in [0.2, 0.25) is 0 Å². The lowest BCUT2D eigenvalue weighted by Crippen LogP contribution is -2.43. The molecule has 7 aliphatic heterocycles. The Morgan fingerprint density at radius 3 is 2.26 bits per heavy atom. The summed E-state index contributed by atoms with van der Waals surface area (Å²) in [5.74, 6) is 2.80. The van der Waals surface area contributed by atoms with Crippen molar-refractivity contribution in [1.82, 2.24) is 20.0 Å². The lowest BCUT2D eigenvalue weighted by Gasteiger charge is -2.46. The van der Waals surface area contributed by atoms with E-state index in [1.165, 1.54) is 17.6 Å². The second-order valence-corrected chi connectivity index (χ2v) is 13.7. The molecule has 8 aliphatic rings. The van der Waals surface area contributed by atoms with Gasteiger partial charge in [-0.2, -0.15) is 0 Å². The third kappa shape index (κ3) is 6.53. The third-order valence-electron chi connectivity index (χ3n) is 11.0. The van der Waals surface area contributed by atoms with E-state index in [0.29, 0.717) is 36.0 Å². The van der Waals surface area contributed by atoms with E-state index in [4.69, 9.17) is 0 Å². The van der Waals surface area contributed by atoms with Crippen molar-refractivity contribution in [2.75, 3.05) is 58.9 Å². The van der Waals surface area contributed by atoms with Crippen LogP contribution < -0.4 is 5.32 Å². The molecule has 7 heterocycles. The topological polar surface area (TPSA) is 55.9 Å². The second kappa shape index (κ2) is 12.3. The normalized spacial score (nSPS) is 40.9. The van der Waals surface area contributed by atoms with Crippen LogP contribution in [-0.4, -0.2) is 85.4 Å². The standard InChI is InChI=1S/C33H52N4O2/c1-5-33(4)13-10-27-17-30(33)25(3)19-35-15-11-26(12-16-35)32(39)34-14-8-6-7-9-31(38)37-22-28-20-36(18-24(27)2)21-29(28)23-37/h5,26-30H,1-3,6-23H2,4H3,(H,34,39)/t27-,28?,29?,30+,33-/m1/s1. The van der Waals surface area contributed by atoms with Crippen LogP contribution in [0.3, 0.4) is 0 Å². The number of hydrogen-bond acceptors (Lipinski definition) is 4. The highest BCUT2D eigenvalue weighted by Crippen LogP contribution is 2.49. The Morgan fingerprint density at radius 2 is 1.56 bits per heavy atom. The fraction of sp³-hybridized carbons (Fsp3) is 0.758. The first-order valence-corrected chi connectivity index (χ1v) is 15.7. The number of rotatable bonds is 1. The zero-order valence-electron chi connectivity index (χ0n) is 24.5. The molecule has 6 nitrogen and oxygen atoms in total. The number of hydrogen-bond donors (Lipinski definition) is 1. The molecular formula is C33H52N4O2. The molecule has 0 aromatic heterocycles. The van der Waals surface area contributed by atoms with E-state index in [-0.39, 0.29) is 17.2 Å². The Labute approximate surface area is 236 Å². The van der Waals surface area contributed by atoms with Crippen LogP contribution in [0.5, 0.6) is 0 Å². The first kappa shape index (κ1) is 28.6. The molecule has 8 rings (SSSR count). The van der Waals surface area contributed by atoms with Gasteiger partial charge in [0.1, 0.15) is 0 Å². The van der Waals surface area contributed by atoms with Crippen molar-refractivity contribution in [3.8, 4) is 0 Å². The highest BCUT2D eigenvalue weighted by Gasteiger charge is 2.43. The van der Waals surface area contributed by atoms with E-state index in [9.17, 15) is 9.59 Å². The molecule has 1 saturated carbocycles. The minimum absolute atomic E-state index is 0.0811. The van der Waals surface area contributed by atoms with Crippen molar-refractivity contribution in [3.05, 3.63) is 37.0 Å². The number of nitrogens with one attached hydrogen (secondary N) is 1. The van der Waals surface area contributed by atoms with Crippen LogP contribution in [-0.2, 0) is 9.59 Å². The monoisotopic (exact) mass is 536 g/mol. The van der Waals surface area contributed by atoms with Gasteiger partial charge in [0.25, 0.3) is 0 Å². The van der Waals surface area contributed by atoms with Crippen molar-refractivity contribution in [1.29, 1.82) is 0 Å². The van der Waals surface area contributed by atoms with Gasteiger partial charge in [-0.05, 0) is 87.1 Å². The van der Waals surface area contributed by atoms with Crippen molar-refractivity contribution in [2.45, 2.75) is 64.7 Å². The van der Waals surface area contributed by atoms with E-state index in [1.807, 2.05) is 0 Å². The van der Waals surface area contributed by atoms with Crippen molar-refractivity contribution in [2.24, 2.45) is 35.0 Å². The minimum atomic E-state index is 0.0811. The number of carbonyl (C=O) groups is 2. The van der Waals surface area contributed by atoms with Crippen molar-refractivity contribution >= 4 is 11.8 Å². The summed E-state index contributed by atoms with van der Waals surface area (Å²) in [5, 5.41) is 3.17. The average molecular weight is 537 g/mol. The van der Waals surface area contributed by atoms with Gasteiger partial charge < -0.3 is 10.2 Å². The summed E-state index contributed by atoms with van der Waals surface area (Å²) in [6, 6.07) is 0. The molecule has 0 aromatic rings. The zero-order chi connectivity index (χ0) is 27.6. The Bertz CT molecular complexity index is 939. The molecule has 1 N–H and O–H groups in total. The van der Waals surface area contributed by atoms with E-state index < -0.39 is 0 Å². The number of nitrogens with zero attached hydrogens (tertiary/aromatic N) is 3. The molecule has 1 aliphatic carbocycles. The molecular weight excluding hydrogens is 484 g/mol. The molecule has 5 atom stereocenters. The van der Waals surface area contributed by atoms with Gasteiger partial charge in [-0.15, -0.1) is 6.58 Å². The molecule has 0 spiro atoms. The summed E-state index contributed by atoms with van der Waals surface area (Å²) < 4.78 is 0. The Balaban J connectivity index is 1.26. The highest BCUT2D eigenvalue weighted by molar-refractivity contribution is 5.78. The van der Waals surface area contributed by atoms with E-state index >= 15 is 0 Å². The van der Waals surface area contributed by atoms with Crippen LogP contribution in [0.25, 0.3) is 0 Å². The predicted octanol–water partition coefficient (Wildman–Crippen LogP) is 4.50. The number of allylic oxidation sites excluding steroid dienone is 1. The summed E-state index contributed by atoms with van der Waals surface area (Å²) in [6.45, 7) is 24.5. The average Bonchev–Trinajstić information content (AvgIpc) is 3.49. The van der Waals surface area contributed by atoms with Crippen LogP contribution in [0.15, 0.2) is 37.0 Å². The smallest absolute Gasteiger partial charge is 0.223 e. The van der Waals surface area contributed by atoms with Gasteiger partial charge in [-0.1, -0.05) is 43.7 Å².